The molecule has 0 bridgehead atoms. The summed E-state index contributed by atoms with van der Waals surface area (Å²) >= 11 is 0. The summed E-state index contributed by atoms with van der Waals surface area (Å²) in [5.41, 5.74) is 1.62. The Morgan fingerprint density at radius 1 is 1.21 bits per heavy atom. The van der Waals surface area contributed by atoms with Gasteiger partial charge in [0.1, 0.15) is 5.75 Å². The van der Waals surface area contributed by atoms with E-state index in [1.807, 2.05) is 26.8 Å². The van der Waals surface area contributed by atoms with Gasteiger partial charge < -0.3 is 14.2 Å². The average Bonchev–Trinajstić information content (AvgIpc) is 2.41. The number of benzene rings is 1. The maximum atomic E-state index is 8.86. The first-order chi connectivity index (χ1) is 9.21. The number of rotatable bonds is 8. The van der Waals surface area contributed by atoms with Gasteiger partial charge in [0.25, 0.3) is 0 Å². The van der Waals surface area contributed by atoms with E-state index in [2.05, 4.69) is 6.07 Å². The minimum atomic E-state index is -0.227. The summed E-state index contributed by atoms with van der Waals surface area (Å²) in [4.78, 5) is 0. The molecule has 19 heavy (non-hydrogen) atoms. The molecule has 0 heterocycles. The zero-order chi connectivity index (χ0) is 14.1. The minimum Gasteiger partial charge on any atom is -0.493 e. The van der Waals surface area contributed by atoms with Crippen LogP contribution in [0.3, 0.4) is 0 Å². The van der Waals surface area contributed by atoms with Gasteiger partial charge in [0.2, 0.25) is 0 Å². The molecular formula is C15H21NO3. The van der Waals surface area contributed by atoms with E-state index >= 15 is 0 Å². The van der Waals surface area contributed by atoms with Crippen LogP contribution in [0.15, 0.2) is 18.2 Å². The normalized spacial score (nSPS) is 10.5. The van der Waals surface area contributed by atoms with Crippen molar-refractivity contribution in [1.29, 1.82) is 5.26 Å². The summed E-state index contributed by atoms with van der Waals surface area (Å²) in [6.07, 6.45) is 0.437. The van der Waals surface area contributed by atoms with Gasteiger partial charge >= 0.3 is 0 Å². The molecule has 0 saturated heterocycles. The van der Waals surface area contributed by atoms with E-state index < -0.39 is 0 Å². The van der Waals surface area contributed by atoms with Gasteiger partial charge in [-0.2, -0.15) is 5.26 Å². The predicted molar refractivity (Wildman–Crippen MR) is 73.0 cm³/mol. The van der Waals surface area contributed by atoms with Crippen molar-refractivity contribution in [2.45, 2.75) is 33.5 Å². The molecule has 1 rings (SSSR count). The fourth-order valence-corrected chi connectivity index (χ4v) is 1.68. The molecule has 0 radical (unpaired) electrons. The van der Waals surface area contributed by atoms with Gasteiger partial charge in [0, 0.05) is 19.6 Å². The molecule has 4 nitrogen and oxygen atoms in total. The third-order valence-electron chi connectivity index (χ3n) is 2.63. The van der Waals surface area contributed by atoms with E-state index in [0.717, 1.165) is 11.3 Å². The Labute approximate surface area is 114 Å². The molecule has 4 heteroatoms. The maximum absolute atomic E-state index is 8.86. The molecular weight excluding hydrogens is 242 g/mol. The molecule has 0 fully saturated rings. The maximum Gasteiger partial charge on any atom is 0.160 e. The van der Waals surface area contributed by atoms with Crippen molar-refractivity contribution in [3.63, 3.8) is 0 Å². The molecule has 0 aromatic heterocycles. The van der Waals surface area contributed by atoms with E-state index in [-0.39, 0.29) is 6.29 Å². The Kier molecular flexibility index (Phi) is 6.94. The molecule has 0 aliphatic rings. The minimum absolute atomic E-state index is 0.227. The molecule has 0 aliphatic carbocycles. The zero-order valence-corrected chi connectivity index (χ0v) is 11.8. The van der Waals surface area contributed by atoms with Crippen molar-refractivity contribution in [2.24, 2.45) is 0 Å². The highest BCUT2D eigenvalue weighted by molar-refractivity contribution is 5.41. The lowest BCUT2D eigenvalue weighted by molar-refractivity contribution is -0.142. The van der Waals surface area contributed by atoms with E-state index in [4.69, 9.17) is 19.5 Å². The molecule has 0 unspecified atom stereocenters. The van der Waals surface area contributed by atoms with E-state index in [1.54, 1.807) is 12.1 Å². The van der Waals surface area contributed by atoms with Crippen LogP contribution in [0.25, 0.3) is 0 Å². The first kappa shape index (κ1) is 15.5. The second-order valence-electron chi connectivity index (χ2n) is 4.07. The molecule has 1 aromatic carbocycles. The molecule has 0 atom stereocenters. The Morgan fingerprint density at radius 3 is 2.47 bits per heavy atom. The van der Waals surface area contributed by atoms with Gasteiger partial charge in [-0.25, -0.2) is 0 Å². The topological polar surface area (TPSA) is 51.5 Å². The largest absolute Gasteiger partial charge is 0.493 e. The third kappa shape index (κ3) is 5.29. The molecule has 0 amide bonds. The van der Waals surface area contributed by atoms with Crippen molar-refractivity contribution < 1.29 is 14.2 Å². The van der Waals surface area contributed by atoms with Gasteiger partial charge in [-0.05, 0) is 38.5 Å². The summed E-state index contributed by atoms with van der Waals surface area (Å²) in [6, 6.07) is 7.53. The van der Waals surface area contributed by atoms with Gasteiger partial charge in [-0.15, -0.1) is 0 Å². The SMILES string of the molecule is CCOC(CCOc1cc(C#N)ccc1C)OCC. The van der Waals surface area contributed by atoms with E-state index in [0.29, 0.717) is 31.8 Å². The van der Waals surface area contributed by atoms with Gasteiger partial charge in [-0.3, -0.25) is 0 Å². The van der Waals surface area contributed by atoms with Crippen molar-refractivity contribution >= 4 is 0 Å². The van der Waals surface area contributed by atoms with Crippen LogP contribution < -0.4 is 4.74 Å². The number of ether oxygens (including phenoxy) is 3. The molecule has 0 N–H and O–H groups in total. The molecule has 0 aliphatic heterocycles. The van der Waals surface area contributed by atoms with Crippen LogP contribution in [-0.4, -0.2) is 26.1 Å². The third-order valence-corrected chi connectivity index (χ3v) is 2.63. The Bertz CT molecular complexity index is 420. The van der Waals surface area contributed by atoms with Gasteiger partial charge in [-0.1, -0.05) is 6.07 Å². The second-order valence-corrected chi connectivity index (χ2v) is 4.07. The number of aryl methyl sites for hydroxylation is 1. The van der Waals surface area contributed by atoms with Crippen molar-refractivity contribution in [3.8, 4) is 11.8 Å². The second kappa shape index (κ2) is 8.52. The predicted octanol–water partition coefficient (Wildman–Crippen LogP) is 3.03. The number of nitrogens with zero attached hydrogens (tertiary/aromatic N) is 1. The van der Waals surface area contributed by atoms with Gasteiger partial charge in [0.15, 0.2) is 6.29 Å². The molecule has 0 spiro atoms. The summed E-state index contributed by atoms with van der Waals surface area (Å²) in [5, 5.41) is 8.86. The molecule has 0 saturated carbocycles. The van der Waals surface area contributed by atoms with Crippen LogP contribution in [-0.2, 0) is 9.47 Å². The van der Waals surface area contributed by atoms with Gasteiger partial charge in [0.05, 0.1) is 18.2 Å². The summed E-state index contributed by atoms with van der Waals surface area (Å²) in [6.45, 7) is 7.57. The number of hydrogen-bond acceptors (Lipinski definition) is 4. The standard InChI is InChI=1S/C15H21NO3/c1-4-17-15(18-5-2)8-9-19-14-10-13(11-16)7-6-12(14)3/h6-7,10,15H,4-5,8-9H2,1-3H3. The molecule has 1 aromatic rings. The highest BCUT2D eigenvalue weighted by atomic mass is 16.7. The van der Waals surface area contributed by atoms with Crippen LogP contribution >= 0.6 is 0 Å². The van der Waals surface area contributed by atoms with E-state index in [1.165, 1.54) is 0 Å². The number of nitriles is 1. The van der Waals surface area contributed by atoms with Crippen LogP contribution in [0.5, 0.6) is 5.75 Å². The van der Waals surface area contributed by atoms with Crippen molar-refractivity contribution in [1.82, 2.24) is 0 Å². The quantitative estimate of drug-likeness (QED) is 0.676. The smallest absolute Gasteiger partial charge is 0.160 e. The lowest BCUT2D eigenvalue weighted by atomic mass is 10.1. The Balaban J connectivity index is 2.49. The lowest BCUT2D eigenvalue weighted by Gasteiger charge is -2.17. The zero-order valence-electron chi connectivity index (χ0n) is 11.8. The van der Waals surface area contributed by atoms with Crippen LogP contribution in [0.1, 0.15) is 31.4 Å². The summed E-state index contributed by atoms with van der Waals surface area (Å²) in [5.74, 6) is 0.741. The first-order valence-corrected chi connectivity index (χ1v) is 6.58. The fourth-order valence-electron chi connectivity index (χ4n) is 1.68. The van der Waals surface area contributed by atoms with Crippen molar-refractivity contribution in [2.75, 3.05) is 19.8 Å². The monoisotopic (exact) mass is 263 g/mol. The van der Waals surface area contributed by atoms with Crippen LogP contribution in [0.4, 0.5) is 0 Å². The lowest BCUT2D eigenvalue weighted by Crippen LogP contribution is -2.20. The molecule has 104 valence electrons. The first-order valence-electron chi connectivity index (χ1n) is 6.58. The van der Waals surface area contributed by atoms with Crippen LogP contribution in [0.2, 0.25) is 0 Å². The average molecular weight is 263 g/mol. The van der Waals surface area contributed by atoms with Crippen molar-refractivity contribution in [3.05, 3.63) is 29.3 Å². The summed E-state index contributed by atoms with van der Waals surface area (Å²) in [7, 11) is 0. The fraction of sp³-hybridized carbons (Fsp3) is 0.533. The number of hydrogen-bond donors (Lipinski definition) is 0. The summed E-state index contributed by atoms with van der Waals surface area (Å²) < 4.78 is 16.6. The Morgan fingerprint density at radius 2 is 1.89 bits per heavy atom. The Hall–Kier alpha value is -1.57. The highest BCUT2D eigenvalue weighted by Gasteiger charge is 2.09. The van der Waals surface area contributed by atoms with Crippen LogP contribution in [0, 0.1) is 18.3 Å². The highest BCUT2D eigenvalue weighted by Crippen LogP contribution is 2.19. The van der Waals surface area contributed by atoms with E-state index in [9.17, 15) is 0 Å².